The first-order chi connectivity index (χ1) is 13.2. The number of benzene rings is 1. The van der Waals surface area contributed by atoms with Crippen LogP contribution in [0.1, 0.15) is 31.9 Å². The summed E-state index contributed by atoms with van der Waals surface area (Å²) >= 11 is 11.8. The van der Waals surface area contributed by atoms with Crippen molar-refractivity contribution in [1.82, 2.24) is 16.0 Å². The van der Waals surface area contributed by atoms with Crippen molar-refractivity contribution in [3.05, 3.63) is 33.8 Å². The van der Waals surface area contributed by atoms with Gasteiger partial charge in [0.1, 0.15) is 12.6 Å². The third kappa shape index (κ3) is 7.35. The van der Waals surface area contributed by atoms with E-state index in [1.165, 1.54) is 18.2 Å². The van der Waals surface area contributed by atoms with E-state index in [4.69, 9.17) is 28.5 Å². The first kappa shape index (κ1) is 23.7. The molecule has 0 fully saturated rings. The van der Waals surface area contributed by atoms with Crippen LogP contribution in [-0.4, -0.2) is 42.0 Å². The molecule has 0 radical (unpaired) electrons. The molecule has 152 valence electrons. The molecule has 10 heteroatoms. The van der Waals surface area contributed by atoms with Crippen LogP contribution < -0.4 is 16.0 Å². The predicted octanol–water partition coefficient (Wildman–Crippen LogP) is 1.31. The maximum absolute atomic E-state index is 12.4. The fraction of sp³-hybridized carbons (Fsp3) is 0.444. The zero-order chi connectivity index (χ0) is 21.3. The minimum atomic E-state index is -1.57. The lowest BCUT2D eigenvalue weighted by atomic mass is 9.97. The van der Waals surface area contributed by atoms with Crippen LogP contribution >= 0.6 is 23.2 Å². The van der Waals surface area contributed by atoms with Crippen molar-refractivity contribution < 1.29 is 19.5 Å². The van der Waals surface area contributed by atoms with Crippen LogP contribution in [0.5, 0.6) is 0 Å². The molecule has 0 aromatic heterocycles. The van der Waals surface area contributed by atoms with Gasteiger partial charge in [0.25, 0.3) is 5.91 Å². The van der Waals surface area contributed by atoms with Gasteiger partial charge in [0, 0.05) is 10.0 Å². The van der Waals surface area contributed by atoms with Crippen LogP contribution in [0, 0.1) is 17.2 Å². The van der Waals surface area contributed by atoms with E-state index in [2.05, 4.69) is 16.0 Å². The molecule has 0 spiro atoms. The van der Waals surface area contributed by atoms with Crippen LogP contribution in [0.2, 0.25) is 10.0 Å². The number of carbonyl (C=O) groups excluding carboxylic acids is 3. The normalized spacial score (nSPS) is 13.6. The summed E-state index contributed by atoms with van der Waals surface area (Å²) in [4.78, 5) is 36.4. The molecule has 0 aliphatic carbocycles. The molecule has 0 heterocycles. The minimum Gasteiger partial charge on any atom is -0.378 e. The molecule has 0 aliphatic heterocycles. The summed E-state index contributed by atoms with van der Waals surface area (Å²) in [5.74, 6) is -2.17. The van der Waals surface area contributed by atoms with E-state index in [1.54, 1.807) is 13.0 Å². The van der Waals surface area contributed by atoms with Gasteiger partial charge in [0.05, 0.1) is 12.6 Å². The highest BCUT2D eigenvalue weighted by Gasteiger charge is 2.29. The number of halogens is 2. The van der Waals surface area contributed by atoms with E-state index in [-0.39, 0.29) is 34.6 Å². The van der Waals surface area contributed by atoms with Gasteiger partial charge >= 0.3 is 0 Å². The monoisotopic (exact) mass is 428 g/mol. The molecule has 28 heavy (non-hydrogen) atoms. The van der Waals surface area contributed by atoms with Gasteiger partial charge in [-0.25, -0.2) is 0 Å². The molecule has 1 rings (SSSR count). The van der Waals surface area contributed by atoms with Gasteiger partial charge in [-0.1, -0.05) is 43.5 Å². The lowest BCUT2D eigenvalue weighted by molar-refractivity contribution is -0.135. The van der Waals surface area contributed by atoms with Crippen molar-refractivity contribution >= 4 is 40.9 Å². The van der Waals surface area contributed by atoms with Crippen LogP contribution in [-0.2, 0) is 14.4 Å². The predicted molar refractivity (Wildman–Crippen MR) is 104 cm³/mol. The molecular formula is C18H22Cl2N4O4. The second kappa shape index (κ2) is 11.5. The summed E-state index contributed by atoms with van der Waals surface area (Å²) < 4.78 is 0. The number of aliphatic hydroxyl groups is 1. The molecule has 0 saturated heterocycles. The van der Waals surface area contributed by atoms with E-state index in [0.29, 0.717) is 6.42 Å². The summed E-state index contributed by atoms with van der Waals surface area (Å²) in [7, 11) is 0. The second-order valence-corrected chi connectivity index (χ2v) is 7.00. The Hall–Kier alpha value is -2.34. The topological polar surface area (TPSA) is 131 Å². The van der Waals surface area contributed by atoms with Gasteiger partial charge < -0.3 is 21.1 Å². The number of rotatable bonds is 9. The Bertz CT molecular complexity index is 746. The molecule has 3 atom stereocenters. The number of nitriles is 1. The van der Waals surface area contributed by atoms with E-state index in [9.17, 15) is 19.5 Å². The Morgan fingerprint density at radius 1 is 1.14 bits per heavy atom. The summed E-state index contributed by atoms with van der Waals surface area (Å²) in [6.45, 7) is 3.08. The lowest BCUT2D eigenvalue weighted by Crippen LogP contribution is -2.52. The molecular weight excluding hydrogens is 407 g/mol. The molecule has 0 unspecified atom stereocenters. The van der Waals surface area contributed by atoms with Crippen molar-refractivity contribution in [3.8, 4) is 6.07 Å². The van der Waals surface area contributed by atoms with E-state index >= 15 is 0 Å². The van der Waals surface area contributed by atoms with Crippen molar-refractivity contribution in [1.29, 1.82) is 5.26 Å². The van der Waals surface area contributed by atoms with Crippen molar-refractivity contribution in [2.75, 3.05) is 13.1 Å². The Balaban J connectivity index is 2.81. The second-order valence-electron chi connectivity index (χ2n) is 6.13. The van der Waals surface area contributed by atoms with Crippen molar-refractivity contribution in [2.24, 2.45) is 5.92 Å². The Labute approximate surface area is 173 Å². The maximum Gasteiger partial charge on any atom is 0.254 e. The lowest BCUT2D eigenvalue weighted by Gasteiger charge is -2.25. The standard InChI is InChI=1S/C18H22Cl2N4O4/c1-3-10(2)15(17(27)23-9-14(25)22-5-4-21)24-18(28)16(26)11-6-12(19)8-13(20)7-11/h6-8,10,15-16,26H,3,5,9H2,1-2H3,(H,22,25)(H,23,27)(H,24,28)/t10-,15-,16-/m0/s1. The molecule has 1 aromatic carbocycles. The Morgan fingerprint density at radius 2 is 1.75 bits per heavy atom. The number of hydrogen-bond donors (Lipinski definition) is 4. The number of nitrogens with zero attached hydrogens (tertiary/aromatic N) is 1. The van der Waals surface area contributed by atoms with Crippen molar-refractivity contribution in [2.45, 2.75) is 32.4 Å². The van der Waals surface area contributed by atoms with Crippen LogP contribution in [0.25, 0.3) is 0 Å². The van der Waals surface area contributed by atoms with Gasteiger partial charge in [-0.05, 0) is 29.7 Å². The number of nitrogens with one attached hydrogen (secondary N) is 3. The molecule has 3 amide bonds. The summed E-state index contributed by atoms with van der Waals surface area (Å²) in [5.41, 5.74) is 0.189. The quantitative estimate of drug-likeness (QED) is 0.440. The number of hydrogen-bond acceptors (Lipinski definition) is 5. The molecule has 8 nitrogen and oxygen atoms in total. The zero-order valence-corrected chi connectivity index (χ0v) is 17.0. The van der Waals surface area contributed by atoms with E-state index in [0.717, 1.165) is 0 Å². The third-order valence-corrected chi connectivity index (χ3v) is 4.47. The van der Waals surface area contributed by atoms with Gasteiger partial charge in [-0.3, -0.25) is 14.4 Å². The van der Waals surface area contributed by atoms with Crippen LogP contribution in [0.3, 0.4) is 0 Å². The summed E-state index contributed by atoms with van der Waals surface area (Å²) in [6, 6.07) is 5.04. The highest BCUT2D eigenvalue weighted by Crippen LogP contribution is 2.24. The van der Waals surface area contributed by atoms with Crippen molar-refractivity contribution in [3.63, 3.8) is 0 Å². The maximum atomic E-state index is 12.4. The highest BCUT2D eigenvalue weighted by molar-refractivity contribution is 6.34. The van der Waals surface area contributed by atoms with Gasteiger partial charge in [-0.15, -0.1) is 0 Å². The summed E-state index contributed by atoms with van der Waals surface area (Å²) in [6.07, 6.45) is -1.01. The largest absolute Gasteiger partial charge is 0.378 e. The zero-order valence-electron chi connectivity index (χ0n) is 15.5. The summed E-state index contributed by atoms with van der Waals surface area (Å²) in [5, 5.41) is 26.4. The molecule has 0 saturated carbocycles. The first-order valence-corrected chi connectivity index (χ1v) is 9.31. The molecule has 0 bridgehead atoms. The Kier molecular flexibility index (Phi) is 9.73. The van der Waals surface area contributed by atoms with Crippen LogP contribution in [0.4, 0.5) is 0 Å². The fourth-order valence-electron chi connectivity index (χ4n) is 2.30. The average molecular weight is 429 g/mol. The fourth-order valence-corrected chi connectivity index (χ4v) is 2.84. The van der Waals surface area contributed by atoms with E-state index < -0.39 is 29.9 Å². The first-order valence-electron chi connectivity index (χ1n) is 8.55. The average Bonchev–Trinajstić information content (AvgIpc) is 2.66. The number of aliphatic hydroxyl groups excluding tert-OH is 1. The third-order valence-electron chi connectivity index (χ3n) is 4.03. The van der Waals surface area contributed by atoms with E-state index in [1.807, 2.05) is 6.92 Å². The Morgan fingerprint density at radius 3 is 2.29 bits per heavy atom. The number of carbonyl (C=O) groups is 3. The SMILES string of the molecule is CC[C@H](C)[C@H](NC(=O)[C@@H](O)c1cc(Cl)cc(Cl)c1)C(=O)NCC(=O)NCC#N. The van der Waals surface area contributed by atoms with Gasteiger partial charge in [-0.2, -0.15) is 5.26 Å². The highest BCUT2D eigenvalue weighted by atomic mass is 35.5. The molecule has 4 N–H and O–H groups in total. The number of amides is 3. The van der Waals surface area contributed by atoms with Crippen LogP contribution in [0.15, 0.2) is 18.2 Å². The molecule has 1 aromatic rings. The minimum absolute atomic E-state index is 0.172. The molecule has 0 aliphatic rings. The van der Waals surface area contributed by atoms with Gasteiger partial charge in [0.15, 0.2) is 6.10 Å². The smallest absolute Gasteiger partial charge is 0.254 e. The van der Waals surface area contributed by atoms with Gasteiger partial charge in [0.2, 0.25) is 11.8 Å².